The summed E-state index contributed by atoms with van der Waals surface area (Å²) in [6.07, 6.45) is 4.40. The van der Waals surface area contributed by atoms with Gasteiger partial charge in [0.1, 0.15) is 4.90 Å². The highest BCUT2D eigenvalue weighted by Gasteiger charge is 2.17. The topological polar surface area (TPSA) is 81.8 Å². The van der Waals surface area contributed by atoms with Crippen LogP contribution in [0.4, 0.5) is 5.82 Å². The van der Waals surface area contributed by atoms with Crippen LogP contribution in [-0.4, -0.2) is 28.0 Å². The van der Waals surface area contributed by atoms with Gasteiger partial charge in [-0.05, 0) is 17.7 Å². The van der Waals surface area contributed by atoms with E-state index in [0.29, 0.717) is 11.6 Å². The van der Waals surface area contributed by atoms with Gasteiger partial charge in [0.05, 0.1) is 12.7 Å². The van der Waals surface area contributed by atoms with E-state index in [0.717, 1.165) is 5.56 Å². The Balaban J connectivity index is 1.74. The molecule has 1 N–H and O–H groups in total. The van der Waals surface area contributed by atoms with Gasteiger partial charge in [-0.25, -0.2) is 8.42 Å². The molecule has 0 aliphatic rings. The highest BCUT2D eigenvalue weighted by Crippen LogP contribution is 2.15. The summed E-state index contributed by atoms with van der Waals surface area (Å²) < 4.78 is 29.9. The molecule has 9 heteroatoms. The number of aryl methyl sites for hydroxylation is 1. The largest absolute Gasteiger partial charge is 0.274 e. The van der Waals surface area contributed by atoms with Crippen LogP contribution in [0, 0.1) is 0 Å². The lowest BCUT2D eigenvalue weighted by atomic mass is 10.2. The first kappa shape index (κ1) is 15.6. The zero-order chi connectivity index (χ0) is 16.4. The number of hydrogen-bond acceptors (Lipinski definition) is 4. The Kier molecular flexibility index (Phi) is 4.10. The quantitative estimate of drug-likeness (QED) is 0.763. The van der Waals surface area contributed by atoms with Crippen LogP contribution in [-0.2, 0) is 23.6 Å². The lowest BCUT2D eigenvalue weighted by molar-refractivity contribution is 0.600. The Bertz CT molecular complexity index is 932. The van der Waals surface area contributed by atoms with E-state index >= 15 is 0 Å². The van der Waals surface area contributed by atoms with E-state index in [1.165, 1.54) is 17.1 Å². The van der Waals surface area contributed by atoms with Crippen LogP contribution in [0.15, 0.2) is 53.8 Å². The molecule has 2 aromatic heterocycles. The average molecular weight is 352 g/mol. The maximum atomic E-state index is 12.2. The molecular weight excluding hydrogens is 338 g/mol. The fourth-order valence-corrected chi connectivity index (χ4v) is 3.25. The van der Waals surface area contributed by atoms with E-state index in [1.54, 1.807) is 30.1 Å². The molecule has 0 amide bonds. The SMILES string of the molecule is Cn1cc(S(=O)(=O)Nc2ccn(Cc3cccc(Cl)c3)n2)cn1. The molecule has 0 spiro atoms. The number of halogens is 1. The van der Waals surface area contributed by atoms with Crippen molar-refractivity contribution < 1.29 is 8.42 Å². The van der Waals surface area contributed by atoms with Crippen LogP contribution >= 0.6 is 11.6 Å². The van der Waals surface area contributed by atoms with Gasteiger partial charge in [0, 0.05) is 30.5 Å². The van der Waals surface area contributed by atoms with Gasteiger partial charge in [-0.3, -0.25) is 14.1 Å². The predicted molar refractivity (Wildman–Crippen MR) is 86.8 cm³/mol. The maximum Gasteiger partial charge on any atom is 0.266 e. The van der Waals surface area contributed by atoms with Gasteiger partial charge in [0.15, 0.2) is 5.82 Å². The molecule has 0 fully saturated rings. The summed E-state index contributed by atoms with van der Waals surface area (Å²) in [5.74, 6) is 0.246. The Morgan fingerprint density at radius 3 is 2.83 bits per heavy atom. The smallest absolute Gasteiger partial charge is 0.266 e. The number of sulfonamides is 1. The zero-order valence-electron chi connectivity index (χ0n) is 12.2. The Labute approximate surface area is 138 Å². The molecule has 3 rings (SSSR count). The van der Waals surface area contributed by atoms with Gasteiger partial charge in [-0.2, -0.15) is 10.2 Å². The fraction of sp³-hybridized carbons (Fsp3) is 0.143. The second-order valence-electron chi connectivity index (χ2n) is 4.98. The summed E-state index contributed by atoms with van der Waals surface area (Å²) in [4.78, 5) is 0.0874. The lowest BCUT2D eigenvalue weighted by Crippen LogP contribution is -2.13. The number of nitrogens with zero attached hydrogens (tertiary/aromatic N) is 4. The second-order valence-corrected chi connectivity index (χ2v) is 7.10. The lowest BCUT2D eigenvalue weighted by Gasteiger charge is -2.04. The van der Waals surface area contributed by atoms with Crippen molar-refractivity contribution >= 4 is 27.4 Å². The molecule has 0 unspecified atom stereocenters. The van der Waals surface area contributed by atoms with E-state index in [9.17, 15) is 8.42 Å². The molecule has 2 heterocycles. The van der Waals surface area contributed by atoms with Gasteiger partial charge >= 0.3 is 0 Å². The van der Waals surface area contributed by atoms with Crippen molar-refractivity contribution in [2.75, 3.05) is 4.72 Å². The third-order valence-electron chi connectivity index (χ3n) is 3.10. The number of hydrogen-bond donors (Lipinski definition) is 1. The van der Waals surface area contributed by atoms with Crippen LogP contribution in [0.1, 0.15) is 5.56 Å². The normalized spacial score (nSPS) is 11.6. The fourth-order valence-electron chi connectivity index (χ4n) is 2.06. The van der Waals surface area contributed by atoms with E-state index in [1.807, 2.05) is 18.2 Å². The van der Waals surface area contributed by atoms with Crippen molar-refractivity contribution in [1.29, 1.82) is 0 Å². The summed E-state index contributed by atoms with van der Waals surface area (Å²) in [7, 11) is -2.04. The number of aromatic nitrogens is 4. The van der Waals surface area contributed by atoms with Crippen LogP contribution < -0.4 is 4.72 Å². The Morgan fingerprint density at radius 1 is 1.30 bits per heavy atom. The second kappa shape index (κ2) is 6.05. The van der Waals surface area contributed by atoms with Crippen molar-refractivity contribution in [1.82, 2.24) is 19.6 Å². The molecule has 3 aromatic rings. The van der Waals surface area contributed by atoms with E-state index in [-0.39, 0.29) is 10.7 Å². The van der Waals surface area contributed by atoms with Crippen molar-refractivity contribution in [3.63, 3.8) is 0 Å². The first-order valence-electron chi connectivity index (χ1n) is 6.72. The van der Waals surface area contributed by atoms with Crippen molar-refractivity contribution in [2.45, 2.75) is 11.4 Å². The van der Waals surface area contributed by atoms with Gasteiger partial charge in [0.2, 0.25) is 0 Å². The average Bonchev–Trinajstić information content (AvgIpc) is 3.08. The Morgan fingerprint density at radius 2 is 2.13 bits per heavy atom. The van der Waals surface area contributed by atoms with E-state index in [2.05, 4.69) is 14.9 Å². The minimum atomic E-state index is -3.69. The van der Waals surface area contributed by atoms with Crippen molar-refractivity contribution in [3.8, 4) is 0 Å². The molecule has 0 bridgehead atoms. The molecule has 0 aliphatic carbocycles. The van der Waals surface area contributed by atoms with E-state index in [4.69, 9.17) is 11.6 Å². The maximum absolute atomic E-state index is 12.2. The van der Waals surface area contributed by atoms with Crippen molar-refractivity contribution in [2.24, 2.45) is 7.05 Å². The highest BCUT2D eigenvalue weighted by molar-refractivity contribution is 7.92. The van der Waals surface area contributed by atoms with Gasteiger partial charge in [-0.1, -0.05) is 23.7 Å². The van der Waals surface area contributed by atoms with Crippen LogP contribution in [0.3, 0.4) is 0 Å². The summed E-state index contributed by atoms with van der Waals surface area (Å²) in [5.41, 5.74) is 0.974. The number of anilines is 1. The van der Waals surface area contributed by atoms with Crippen LogP contribution in [0.2, 0.25) is 5.02 Å². The molecule has 120 valence electrons. The Hall–Kier alpha value is -2.32. The first-order chi connectivity index (χ1) is 10.9. The van der Waals surface area contributed by atoms with Gasteiger partial charge in [0.25, 0.3) is 10.0 Å². The molecule has 0 atom stereocenters. The first-order valence-corrected chi connectivity index (χ1v) is 8.58. The summed E-state index contributed by atoms with van der Waals surface area (Å²) >= 11 is 5.94. The number of rotatable bonds is 5. The standard InChI is InChI=1S/C14H14ClN5O2S/c1-19-10-13(8-16-19)23(21,22)18-14-5-6-20(17-14)9-11-3-2-4-12(15)7-11/h2-8,10H,9H2,1H3,(H,17,18). The molecule has 7 nitrogen and oxygen atoms in total. The van der Waals surface area contributed by atoms with Crippen LogP contribution in [0.5, 0.6) is 0 Å². The zero-order valence-corrected chi connectivity index (χ0v) is 13.8. The summed E-state index contributed by atoms with van der Waals surface area (Å²) in [5, 5.41) is 8.71. The predicted octanol–water partition coefficient (Wildman–Crippen LogP) is 2.12. The molecule has 0 aliphatic heterocycles. The van der Waals surface area contributed by atoms with Gasteiger partial charge in [-0.15, -0.1) is 0 Å². The summed E-state index contributed by atoms with van der Waals surface area (Å²) in [6.45, 7) is 0.495. The number of benzene rings is 1. The minimum absolute atomic E-state index is 0.0874. The molecule has 0 saturated heterocycles. The molecule has 0 saturated carbocycles. The minimum Gasteiger partial charge on any atom is -0.274 e. The molecule has 23 heavy (non-hydrogen) atoms. The molecule has 1 aromatic carbocycles. The molecule has 0 radical (unpaired) electrons. The third-order valence-corrected chi connectivity index (χ3v) is 4.65. The van der Waals surface area contributed by atoms with Gasteiger partial charge < -0.3 is 0 Å². The number of nitrogens with one attached hydrogen (secondary N) is 1. The monoisotopic (exact) mass is 351 g/mol. The van der Waals surface area contributed by atoms with E-state index < -0.39 is 10.0 Å². The third kappa shape index (κ3) is 3.72. The summed E-state index contributed by atoms with van der Waals surface area (Å²) in [6, 6.07) is 9.00. The van der Waals surface area contributed by atoms with Crippen LogP contribution in [0.25, 0.3) is 0 Å². The van der Waals surface area contributed by atoms with Crippen molar-refractivity contribution in [3.05, 3.63) is 59.5 Å². The molecular formula is C14H14ClN5O2S. The highest BCUT2D eigenvalue weighted by atomic mass is 35.5.